The van der Waals surface area contributed by atoms with E-state index in [9.17, 15) is 9.59 Å². The number of nitrogens with zero attached hydrogens (tertiary/aromatic N) is 3. The van der Waals surface area contributed by atoms with E-state index in [1.54, 1.807) is 18.3 Å². The molecule has 10 heteroatoms. The fraction of sp³-hybridized carbons (Fsp3) is 0.304. The highest BCUT2D eigenvalue weighted by atomic mass is 32.2. The summed E-state index contributed by atoms with van der Waals surface area (Å²) in [6.45, 7) is 2.20. The number of carbonyl (C=O) groups is 2. The van der Waals surface area contributed by atoms with E-state index in [0.29, 0.717) is 29.4 Å². The van der Waals surface area contributed by atoms with Gasteiger partial charge in [-0.05, 0) is 31.2 Å². The molecule has 0 aliphatic carbocycles. The van der Waals surface area contributed by atoms with Gasteiger partial charge in [0.05, 0.1) is 17.1 Å². The quantitative estimate of drug-likeness (QED) is 0.555. The lowest BCUT2D eigenvalue weighted by atomic mass is 10.1. The SMILES string of the molecule is CN1CCc2nc(NC(=O)c3cccc(CNC(=O)C4CC=C(c5cnco5)S4)c3)sc2C1. The Morgan fingerprint density at radius 3 is 3.09 bits per heavy atom. The topological polar surface area (TPSA) is 100 Å². The minimum absolute atomic E-state index is 0.0426. The van der Waals surface area contributed by atoms with Crippen molar-refractivity contribution in [3.05, 3.63) is 70.4 Å². The van der Waals surface area contributed by atoms with Gasteiger partial charge in [-0.15, -0.1) is 23.1 Å². The van der Waals surface area contributed by atoms with Gasteiger partial charge < -0.3 is 14.6 Å². The minimum atomic E-state index is -0.202. The molecule has 0 saturated heterocycles. The van der Waals surface area contributed by atoms with Gasteiger partial charge in [-0.25, -0.2) is 9.97 Å². The minimum Gasteiger partial charge on any atom is -0.443 e. The van der Waals surface area contributed by atoms with Gasteiger partial charge in [0.1, 0.15) is 0 Å². The highest BCUT2D eigenvalue weighted by Gasteiger charge is 2.27. The Balaban J connectivity index is 1.16. The lowest BCUT2D eigenvalue weighted by molar-refractivity contribution is -0.120. The van der Waals surface area contributed by atoms with E-state index in [1.807, 2.05) is 18.2 Å². The fourth-order valence-corrected chi connectivity index (χ4v) is 5.97. The molecule has 4 heterocycles. The Kier molecular flexibility index (Phi) is 6.30. The van der Waals surface area contributed by atoms with Crippen molar-refractivity contribution >= 4 is 44.9 Å². The standard InChI is InChI=1S/C23H23N5O3S2/c1-28-8-7-16-20(12-28)33-23(26-16)27-21(29)15-4-2-3-14(9-15)10-25-22(30)19-6-5-18(32-19)17-11-24-13-31-17/h2-5,9,11,13,19H,6-8,10,12H2,1H3,(H,25,30)(H,26,27,29). The molecule has 0 radical (unpaired) electrons. The zero-order valence-corrected chi connectivity index (χ0v) is 19.7. The second-order valence-electron chi connectivity index (χ2n) is 8.03. The first-order valence-corrected chi connectivity index (χ1v) is 12.4. The normalized spacial score (nSPS) is 18.0. The van der Waals surface area contributed by atoms with Crippen LogP contribution in [0.5, 0.6) is 0 Å². The van der Waals surface area contributed by atoms with Gasteiger partial charge in [0.15, 0.2) is 17.3 Å². The van der Waals surface area contributed by atoms with Crippen LogP contribution in [0.15, 0.2) is 47.3 Å². The van der Waals surface area contributed by atoms with E-state index in [0.717, 1.165) is 35.7 Å². The summed E-state index contributed by atoms with van der Waals surface area (Å²) >= 11 is 3.01. The molecule has 1 atom stereocenters. The first-order valence-electron chi connectivity index (χ1n) is 10.7. The number of hydrogen-bond acceptors (Lipinski definition) is 8. The molecule has 33 heavy (non-hydrogen) atoms. The van der Waals surface area contributed by atoms with Crippen molar-refractivity contribution < 1.29 is 14.0 Å². The van der Waals surface area contributed by atoms with Gasteiger partial charge in [-0.1, -0.05) is 18.2 Å². The Morgan fingerprint density at radius 2 is 2.24 bits per heavy atom. The van der Waals surface area contributed by atoms with Crippen LogP contribution in [0.1, 0.15) is 38.7 Å². The zero-order chi connectivity index (χ0) is 22.8. The molecule has 1 unspecified atom stereocenters. The number of aromatic nitrogens is 2. The van der Waals surface area contributed by atoms with Gasteiger partial charge in [-0.3, -0.25) is 14.9 Å². The maximum absolute atomic E-state index is 12.8. The predicted molar refractivity (Wildman–Crippen MR) is 129 cm³/mol. The molecule has 2 aromatic heterocycles. The first-order chi connectivity index (χ1) is 16.0. The Labute approximate surface area is 199 Å². The molecule has 2 N–H and O–H groups in total. The van der Waals surface area contributed by atoms with Crippen LogP contribution < -0.4 is 10.6 Å². The number of allylic oxidation sites excluding steroid dienone is 1. The summed E-state index contributed by atoms with van der Waals surface area (Å²) in [5.41, 5.74) is 2.48. The van der Waals surface area contributed by atoms with Crippen LogP contribution in [0.25, 0.3) is 4.91 Å². The molecule has 170 valence electrons. The van der Waals surface area contributed by atoms with Crippen LogP contribution >= 0.6 is 23.1 Å². The summed E-state index contributed by atoms with van der Waals surface area (Å²) in [4.78, 5) is 38.3. The van der Waals surface area contributed by atoms with Crippen LogP contribution in [-0.4, -0.2) is 45.5 Å². The first kappa shape index (κ1) is 21.9. The van der Waals surface area contributed by atoms with Crippen LogP contribution in [-0.2, 0) is 24.3 Å². The van der Waals surface area contributed by atoms with Crippen LogP contribution in [0.2, 0.25) is 0 Å². The van der Waals surface area contributed by atoms with Crippen LogP contribution in [0.4, 0.5) is 5.13 Å². The van der Waals surface area contributed by atoms with E-state index in [2.05, 4.69) is 32.5 Å². The van der Waals surface area contributed by atoms with Gasteiger partial charge in [0.25, 0.3) is 5.91 Å². The molecule has 0 saturated carbocycles. The number of fused-ring (bicyclic) bond motifs is 1. The van der Waals surface area contributed by atoms with Crippen LogP contribution in [0, 0.1) is 0 Å². The van der Waals surface area contributed by atoms with Crippen molar-refractivity contribution in [1.29, 1.82) is 0 Å². The molecular formula is C23H23N5O3S2. The number of likely N-dealkylation sites (N-methyl/N-ethyl adjacent to an activating group) is 1. The fourth-order valence-electron chi connectivity index (χ4n) is 3.79. The third-order valence-corrected chi connectivity index (χ3v) is 7.86. The maximum Gasteiger partial charge on any atom is 0.257 e. The summed E-state index contributed by atoms with van der Waals surface area (Å²) in [5, 5.41) is 6.33. The number of thioether (sulfide) groups is 1. The third-order valence-electron chi connectivity index (χ3n) is 5.55. The van der Waals surface area contributed by atoms with Gasteiger partial charge >= 0.3 is 0 Å². The van der Waals surface area contributed by atoms with Gasteiger partial charge in [-0.2, -0.15) is 0 Å². The van der Waals surface area contributed by atoms with E-state index in [1.165, 1.54) is 34.4 Å². The highest BCUT2D eigenvalue weighted by Crippen LogP contribution is 2.39. The third kappa shape index (κ3) is 5.02. The van der Waals surface area contributed by atoms with E-state index in [-0.39, 0.29) is 17.1 Å². The smallest absolute Gasteiger partial charge is 0.257 e. The molecule has 2 aliphatic heterocycles. The van der Waals surface area contributed by atoms with Crippen molar-refractivity contribution in [2.24, 2.45) is 0 Å². The second-order valence-corrected chi connectivity index (χ2v) is 10.4. The second kappa shape index (κ2) is 9.50. The zero-order valence-electron chi connectivity index (χ0n) is 18.0. The molecule has 2 aliphatic rings. The summed E-state index contributed by atoms with van der Waals surface area (Å²) in [5.74, 6) is 0.441. The number of carbonyl (C=O) groups excluding carboxylic acids is 2. The highest BCUT2D eigenvalue weighted by molar-refractivity contribution is 8.09. The number of rotatable bonds is 6. The number of amides is 2. The molecule has 0 bridgehead atoms. The summed E-state index contributed by atoms with van der Waals surface area (Å²) in [6, 6.07) is 7.29. The van der Waals surface area contributed by atoms with Crippen molar-refractivity contribution in [1.82, 2.24) is 20.2 Å². The van der Waals surface area contributed by atoms with Gasteiger partial charge in [0.2, 0.25) is 5.91 Å². The van der Waals surface area contributed by atoms with Crippen molar-refractivity contribution in [2.45, 2.75) is 31.2 Å². The maximum atomic E-state index is 12.8. The summed E-state index contributed by atoms with van der Waals surface area (Å²) in [6.07, 6.45) is 6.57. The Morgan fingerprint density at radius 1 is 1.33 bits per heavy atom. The molecule has 5 rings (SSSR count). The largest absolute Gasteiger partial charge is 0.443 e. The lowest BCUT2D eigenvalue weighted by Gasteiger charge is -2.20. The van der Waals surface area contributed by atoms with Crippen molar-refractivity contribution in [3.8, 4) is 0 Å². The van der Waals surface area contributed by atoms with Crippen LogP contribution in [0.3, 0.4) is 0 Å². The van der Waals surface area contributed by atoms with Gasteiger partial charge in [0, 0.05) is 41.4 Å². The Hall–Kier alpha value is -2.95. The molecule has 3 aromatic rings. The summed E-state index contributed by atoms with van der Waals surface area (Å²) in [7, 11) is 2.09. The van der Waals surface area contributed by atoms with E-state index < -0.39 is 0 Å². The number of thiazole rings is 1. The summed E-state index contributed by atoms with van der Waals surface area (Å²) < 4.78 is 5.31. The average molecular weight is 482 g/mol. The molecule has 0 spiro atoms. The Bertz CT molecular complexity index is 1200. The average Bonchev–Trinajstić information content (AvgIpc) is 3.57. The molecule has 1 aromatic carbocycles. The van der Waals surface area contributed by atoms with Crippen molar-refractivity contribution in [2.75, 3.05) is 18.9 Å². The number of benzene rings is 1. The molecule has 0 fully saturated rings. The van der Waals surface area contributed by atoms with Crippen molar-refractivity contribution in [3.63, 3.8) is 0 Å². The monoisotopic (exact) mass is 481 g/mol. The molecule has 2 amide bonds. The predicted octanol–water partition coefficient (Wildman–Crippen LogP) is 3.53. The number of nitrogens with one attached hydrogen (secondary N) is 2. The lowest BCUT2D eigenvalue weighted by Crippen LogP contribution is -2.31. The number of anilines is 1. The van der Waals surface area contributed by atoms with E-state index >= 15 is 0 Å². The van der Waals surface area contributed by atoms with E-state index in [4.69, 9.17) is 4.42 Å². The molecule has 8 nitrogen and oxygen atoms in total. The number of hydrogen-bond donors (Lipinski definition) is 2. The number of oxazole rings is 1. The molecular weight excluding hydrogens is 458 g/mol.